The van der Waals surface area contributed by atoms with Gasteiger partial charge in [-0.1, -0.05) is 271 Å². The highest BCUT2D eigenvalue weighted by atomic mass is 32.1. The molecular formula is C76H174N10O6S. The maximum absolute atomic E-state index is 10.6. The van der Waals surface area contributed by atoms with Gasteiger partial charge in [-0.25, -0.2) is 9.85 Å². The average Bonchev–Trinajstić information content (AvgIpc) is 4.69. The van der Waals surface area contributed by atoms with Gasteiger partial charge in [0, 0.05) is 54.5 Å². The first-order chi connectivity index (χ1) is 45.0. The van der Waals surface area contributed by atoms with Gasteiger partial charge in [-0.3, -0.25) is 20.2 Å². The molecule has 93 heavy (non-hydrogen) atoms. The number of nitrogens with one attached hydrogen (secondary N) is 6. The maximum Gasteiger partial charge on any atom is 0.171 e. The van der Waals surface area contributed by atoms with Crippen molar-refractivity contribution < 1.29 is 28.6 Å². The normalized spacial score (nSPS) is 21.4. The van der Waals surface area contributed by atoms with Crippen molar-refractivity contribution in [2.24, 2.45) is 41.4 Å². The van der Waals surface area contributed by atoms with Gasteiger partial charge < -0.3 is 29.7 Å². The number of tetrazole rings is 1. The van der Waals surface area contributed by atoms with Crippen molar-refractivity contribution in [2.45, 2.75) is 351 Å². The van der Waals surface area contributed by atoms with Crippen LogP contribution in [-0.2, 0) is 28.6 Å². The summed E-state index contributed by atoms with van der Waals surface area (Å²) in [5.41, 5.74) is 2.77. The van der Waals surface area contributed by atoms with Crippen LogP contribution in [0.15, 0.2) is 12.3 Å². The average molecular weight is 1360 g/mol. The second kappa shape index (κ2) is 108. The Bertz CT molecular complexity index is 1290. The van der Waals surface area contributed by atoms with Crippen LogP contribution in [0, 0.1) is 55.3 Å². The molecule has 2 aromatic rings. The Morgan fingerprint density at radius 3 is 1.03 bits per heavy atom. The zero-order chi connectivity index (χ0) is 75.1. The highest BCUT2D eigenvalue weighted by Gasteiger charge is 2.20. The molecule has 4 saturated carbocycles. The largest absolute Gasteiger partial charge is 0.373 e. The summed E-state index contributed by atoms with van der Waals surface area (Å²) in [6.07, 6.45) is 20.0. The Hall–Kier alpha value is -2.32. The number of ketones is 2. The van der Waals surface area contributed by atoms with Gasteiger partial charge in [0.15, 0.2) is 11.6 Å². The van der Waals surface area contributed by atoms with Gasteiger partial charge in [-0.05, 0) is 127 Å². The third kappa shape index (κ3) is 106. The number of aromatic amines is 1. The summed E-state index contributed by atoms with van der Waals surface area (Å²) in [5, 5.41) is 25.4. The van der Waals surface area contributed by atoms with Crippen LogP contribution in [0.25, 0.3) is 0 Å². The highest BCUT2D eigenvalue weighted by molar-refractivity contribution is 7.05. The molecule has 0 aromatic carbocycles. The van der Waals surface area contributed by atoms with Crippen LogP contribution in [-0.4, -0.2) is 127 Å². The Morgan fingerprint density at radius 1 is 0.462 bits per heavy atom. The molecule has 7 atom stereocenters. The van der Waals surface area contributed by atoms with Crippen LogP contribution < -0.4 is 26.7 Å². The number of ether oxygens (including phenoxy) is 3. The van der Waals surface area contributed by atoms with E-state index in [1.54, 1.807) is 13.1 Å². The molecule has 10 aliphatic rings. The lowest BCUT2D eigenvalue weighted by Crippen LogP contribution is -2.39. The summed E-state index contributed by atoms with van der Waals surface area (Å²) in [7, 11) is 0. The number of Topliss-reactive ketones (excluding diaryl/α,β-unsaturated/α-hetero) is 2. The number of H-pyrrole nitrogens is 1. The molecule has 12 rings (SSSR count). The van der Waals surface area contributed by atoms with Crippen LogP contribution in [0.4, 0.5) is 0 Å². The molecule has 0 radical (unpaired) electrons. The quantitative estimate of drug-likeness (QED) is 0.146. The zero-order valence-electron chi connectivity index (χ0n) is 69.5. The van der Waals surface area contributed by atoms with Crippen molar-refractivity contribution in [1.82, 2.24) is 51.7 Å². The van der Waals surface area contributed by atoms with Gasteiger partial charge in [0.2, 0.25) is 0 Å². The molecule has 10 fully saturated rings. The lowest BCUT2D eigenvalue weighted by atomic mass is 9.88. The van der Waals surface area contributed by atoms with E-state index in [1.807, 2.05) is 193 Å². The van der Waals surface area contributed by atoms with E-state index in [9.17, 15) is 9.59 Å². The lowest BCUT2D eigenvalue weighted by Gasteiger charge is -2.22. The van der Waals surface area contributed by atoms with Crippen LogP contribution in [0.5, 0.6) is 0 Å². The van der Waals surface area contributed by atoms with E-state index in [4.69, 9.17) is 19.0 Å². The number of hydrogen-bond donors (Lipinski definition) is 6. The van der Waals surface area contributed by atoms with Crippen molar-refractivity contribution >= 4 is 23.1 Å². The maximum atomic E-state index is 10.6. The fraction of sp³-hybridized carbons (Fsp3) is 0.921. The number of aryl methyl sites for hydroxylation is 2. The minimum Gasteiger partial charge on any atom is -0.373 e. The summed E-state index contributed by atoms with van der Waals surface area (Å²) in [6, 6.07) is 3.38. The number of rotatable bonds is 0. The summed E-state index contributed by atoms with van der Waals surface area (Å²) < 4.78 is 18.7. The summed E-state index contributed by atoms with van der Waals surface area (Å²) >= 11 is 1.53. The van der Waals surface area contributed by atoms with Crippen molar-refractivity contribution in [3.8, 4) is 0 Å². The van der Waals surface area contributed by atoms with Gasteiger partial charge in [-0.15, -0.1) is 10.2 Å². The SMILES string of the molecule is CC.CC.CC.CC.CC.CC.CC.CC.CC.CC.CC.CC.CC1CC1.CC1CCC1.CC1CCC1.CC1CCCC1=O.CC1CCN1.CC1CCNC1.CC1CNCO1.CC1CNOC1.CC1COCC1=O.CC1COCN1.Cc1ccns1.Cc1nn[nH]n1. The number of carbonyl (C=O) groups is 2. The molecule has 8 heterocycles. The van der Waals surface area contributed by atoms with E-state index in [1.165, 1.54) is 100 Å². The Morgan fingerprint density at radius 2 is 0.946 bits per heavy atom. The molecule has 0 spiro atoms. The van der Waals surface area contributed by atoms with E-state index < -0.39 is 0 Å². The highest BCUT2D eigenvalue weighted by Crippen LogP contribution is 2.27. The smallest absolute Gasteiger partial charge is 0.171 e. The minimum absolute atomic E-state index is 0.153. The zero-order valence-corrected chi connectivity index (χ0v) is 70.4. The molecule has 6 N–H and O–H groups in total. The minimum atomic E-state index is 0.153. The van der Waals surface area contributed by atoms with E-state index >= 15 is 0 Å². The Labute approximate surface area is 588 Å². The van der Waals surface area contributed by atoms with Gasteiger partial charge in [-0.2, -0.15) is 5.21 Å². The number of nitrogens with zero attached hydrogens (tertiary/aromatic N) is 4. The number of hydrogen-bond acceptors (Lipinski definition) is 16. The van der Waals surface area contributed by atoms with Gasteiger partial charge in [0.1, 0.15) is 12.4 Å². The van der Waals surface area contributed by atoms with E-state index in [-0.39, 0.29) is 11.7 Å². The molecular weight excluding hydrogens is 1180 g/mol. The van der Waals surface area contributed by atoms with Gasteiger partial charge >= 0.3 is 0 Å². The van der Waals surface area contributed by atoms with Crippen LogP contribution >= 0.6 is 11.5 Å². The second-order valence-corrected chi connectivity index (χ2v) is 21.7. The summed E-state index contributed by atoms with van der Waals surface area (Å²) in [5.74, 6) is 6.76. The van der Waals surface area contributed by atoms with Gasteiger partial charge in [0.25, 0.3) is 0 Å². The molecule has 4 aliphatic carbocycles. The molecule has 0 amide bonds. The monoisotopic (exact) mass is 1360 g/mol. The molecule has 6 aliphatic heterocycles. The van der Waals surface area contributed by atoms with Crippen molar-refractivity contribution in [3.05, 3.63) is 23.0 Å². The third-order valence-corrected chi connectivity index (χ3v) is 13.2. The molecule has 16 nitrogen and oxygen atoms in total. The van der Waals surface area contributed by atoms with Crippen LogP contribution in [0.1, 0.15) is 330 Å². The number of aromatic nitrogens is 5. The first-order valence-electron chi connectivity index (χ1n) is 38.7. The van der Waals surface area contributed by atoms with E-state index in [0.29, 0.717) is 48.8 Å². The number of hydroxylamine groups is 1. The van der Waals surface area contributed by atoms with Crippen molar-refractivity contribution in [3.63, 3.8) is 0 Å². The predicted octanol–water partition coefficient (Wildman–Crippen LogP) is 20.9. The standard InChI is InChI=1S/C6H10O.C5H11N.C5H8O2.2C5H10.3C4H9NO.C4H5NS.C4H9N.C4H8.C2H4N4.12C2H6/c1-5-3-2-4-6(5)7;1-5-2-3-6-4-5;1-4-2-7-3-5(4)6;2*1-5-3-2-4-5;1-4-2-6-3-5-4;1-4-2-5-3-6-4;1-4-2-5-6-3-4;1-4-2-3-5-6-4;1-4-2-3-5-4;1-4-2-3-4;1-2-3-5-6-4-2;12*1-2/h5H,2-4H2,1H3;5-6H,2-4H2,1H3;4H,2-3H2,1H3;2*5H,2-4H2,1H3;3*4-5H,2-3H2,1H3;2-3H,1H3;4-5H,2-3H2,1H3;4H,2-3H2,1H3;1H3,(H,3,4,5,6);12*1-2H3. The molecule has 2 aromatic heterocycles. The fourth-order valence-electron chi connectivity index (χ4n) is 6.16. The van der Waals surface area contributed by atoms with Crippen molar-refractivity contribution in [1.29, 1.82) is 0 Å². The second-order valence-electron chi connectivity index (χ2n) is 20.7. The topological polar surface area (TPSA) is 199 Å². The van der Waals surface area contributed by atoms with Gasteiger partial charge in [0.05, 0.1) is 39.4 Å². The van der Waals surface area contributed by atoms with E-state index in [0.717, 1.165) is 88.7 Å². The molecule has 17 heteroatoms. The van der Waals surface area contributed by atoms with E-state index in [2.05, 4.69) is 107 Å². The third-order valence-electron chi connectivity index (χ3n) is 12.5. The Kier molecular flexibility index (Phi) is 137. The molecule has 6 saturated heterocycles. The molecule has 7 unspecified atom stereocenters. The summed E-state index contributed by atoms with van der Waals surface area (Å²) in [4.78, 5) is 27.1. The summed E-state index contributed by atoms with van der Waals surface area (Å²) in [6.45, 7) is 83.3. The Balaban J connectivity index is -0.0000000748. The molecule has 570 valence electrons. The van der Waals surface area contributed by atoms with Crippen LogP contribution in [0.3, 0.4) is 0 Å². The predicted molar refractivity (Wildman–Crippen MR) is 418 cm³/mol. The lowest BCUT2D eigenvalue weighted by molar-refractivity contribution is -0.120. The van der Waals surface area contributed by atoms with Crippen molar-refractivity contribution in [2.75, 3.05) is 72.6 Å². The number of carbonyl (C=O) groups excluding carboxylic acids is 2. The van der Waals surface area contributed by atoms with Crippen LogP contribution in [0.2, 0.25) is 0 Å². The first kappa shape index (κ1) is 118. The fourth-order valence-corrected chi connectivity index (χ4v) is 6.57. The first-order valence-corrected chi connectivity index (χ1v) is 39.4. The molecule has 0 bridgehead atoms.